The zero-order valence-corrected chi connectivity index (χ0v) is 11.8. The van der Waals surface area contributed by atoms with E-state index < -0.39 is 0 Å². The molecule has 0 radical (unpaired) electrons. The molecule has 108 valence electrons. The molecule has 0 aromatic heterocycles. The van der Waals surface area contributed by atoms with E-state index >= 15 is 0 Å². The molecule has 1 aromatic rings. The van der Waals surface area contributed by atoms with Gasteiger partial charge in [0.25, 0.3) is 5.69 Å². The molecule has 4 heteroatoms. The number of rotatable bonds is 4. The van der Waals surface area contributed by atoms with E-state index in [2.05, 4.69) is 5.32 Å². The SMILES string of the molecule is O=[N+]([O-])c1ccccc1CNC1CCC12CCCCC2. The van der Waals surface area contributed by atoms with Crippen LogP contribution in [-0.2, 0) is 6.54 Å². The molecule has 2 saturated carbocycles. The van der Waals surface area contributed by atoms with Gasteiger partial charge in [0.1, 0.15) is 0 Å². The van der Waals surface area contributed by atoms with Crippen LogP contribution in [0.3, 0.4) is 0 Å². The lowest BCUT2D eigenvalue weighted by Gasteiger charge is -2.52. The summed E-state index contributed by atoms with van der Waals surface area (Å²) in [5.41, 5.74) is 1.54. The highest BCUT2D eigenvalue weighted by Crippen LogP contribution is 2.51. The molecule has 4 nitrogen and oxygen atoms in total. The minimum atomic E-state index is -0.284. The van der Waals surface area contributed by atoms with Crippen LogP contribution in [0.4, 0.5) is 5.69 Å². The molecular formula is C16H22N2O2. The molecule has 1 unspecified atom stereocenters. The third kappa shape index (κ3) is 2.44. The van der Waals surface area contributed by atoms with Gasteiger partial charge >= 0.3 is 0 Å². The number of nitrogens with zero attached hydrogens (tertiary/aromatic N) is 1. The van der Waals surface area contributed by atoms with E-state index in [0.717, 1.165) is 5.56 Å². The summed E-state index contributed by atoms with van der Waals surface area (Å²) in [6.45, 7) is 0.615. The second-order valence-corrected chi connectivity index (χ2v) is 6.28. The first-order valence-corrected chi connectivity index (χ1v) is 7.67. The van der Waals surface area contributed by atoms with Gasteiger partial charge in [-0.1, -0.05) is 37.5 Å². The molecule has 2 fully saturated rings. The molecule has 0 aliphatic heterocycles. The second-order valence-electron chi connectivity index (χ2n) is 6.28. The number of hydrogen-bond acceptors (Lipinski definition) is 3. The van der Waals surface area contributed by atoms with Crippen LogP contribution >= 0.6 is 0 Å². The van der Waals surface area contributed by atoms with E-state index in [4.69, 9.17) is 0 Å². The average Bonchev–Trinajstić information content (AvgIpc) is 2.47. The molecule has 0 heterocycles. The van der Waals surface area contributed by atoms with Crippen LogP contribution < -0.4 is 5.32 Å². The van der Waals surface area contributed by atoms with Gasteiger partial charge in [-0.05, 0) is 31.1 Å². The van der Waals surface area contributed by atoms with Crippen LogP contribution in [0.2, 0.25) is 0 Å². The van der Waals surface area contributed by atoms with E-state index in [1.807, 2.05) is 12.1 Å². The maximum absolute atomic E-state index is 11.0. The fourth-order valence-corrected chi connectivity index (χ4v) is 3.94. The average molecular weight is 274 g/mol. The molecule has 3 rings (SSSR count). The van der Waals surface area contributed by atoms with Crippen molar-refractivity contribution in [2.45, 2.75) is 57.5 Å². The van der Waals surface area contributed by atoms with E-state index in [0.29, 0.717) is 18.0 Å². The monoisotopic (exact) mass is 274 g/mol. The highest BCUT2D eigenvalue weighted by molar-refractivity contribution is 5.39. The fourth-order valence-electron chi connectivity index (χ4n) is 3.94. The van der Waals surface area contributed by atoms with Crippen molar-refractivity contribution in [3.63, 3.8) is 0 Å². The largest absolute Gasteiger partial charge is 0.309 e. The van der Waals surface area contributed by atoms with Crippen molar-refractivity contribution in [3.05, 3.63) is 39.9 Å². The van der Waals surface area contributed by atoms with Crippen LogP contribution in [0, 0.1) is 15.5 Å². The summed E-state index contributed by atoms with van der Waals surface area (Å²) < 4.78 is 0. The minimum Gasteiger partial charge on any atom is -0.309 e. The minimum absolute atomic E-state index is 0.233. The Bertz CT molecular complexity index is 495. The van der Waals surface area contributed by atoms with Gasteiger partial charge in [0.15, 0.2) is 0 Å². The maximum atomic E-state index is 11.0. The number of benzene rings is 1. The summed E-state index contributed by atoms with van der Waals surface area (Å²) >= 11 is 0. The van der Waals surface area contributed by atoms with Gasteiger partial charge in [0, 0.05) is 24.2 Å². The molecule has 1 aromatic carbocycles. The molecule has 0 amide bonds. The summed E-state index contributed by atoms with van der Waals surface area (Å²) in [5.74, 6) is 0. The summed E-state index contributed by atoms with van der Waals surface area (Å²) in [6.07, 6.45) is 9.30. The lowest BCUT2D eigenvalue weighted by Crippen LogP contribution is -2.54. The Balaban J connectivity index is 1.64. The van der Waals surface area contributed by atoms with Gasteiger partial charge < -0.3 is 5.32 Å². The van der Waals surface area contributed by atoms with E-state index in [9.17, 15) is 10.1 Å². The molecule has 0 bridgehead atoms. The first kappa shape index (κ1) is 13.6. The van der Waals surface area contributed by atoms with Crippen molar-refractivity contribution >= 4 is 5.69 Å². The van der Waals surface area contributed by atoms with Crippen molar-refractivity contribution in [2.24, 2.45) is 5.41 Å². The van der Waals surface area contributed by atoms with Crippen LogP contribution in [0.5, 0.6) is 0 Å². The third-order valence-corrected chi connectivity index (χ3v) is 5.25. The first-order chi connectivity index (χ1) is 9.71. The Morgan fingerprint density at radius 3 is 2.60 bits per heavy atom. The Kier molecular flexibility index (Phi) is 3.74. The standard InChI is InChI=1S/C16H22N2O2/c19-18(20)14-7-3-2-6-13(14)12-17-15-8-11-16(15)9-4-1-5-10-16/h2-3,6-7,15,17H,1,4-5,8-12H2. The van der Waals surface area contributed by atoms with E-state index in [-0.39, 0.29) is 10.6 Å². The Morgan fingerprint density at radius 1 is 1.20 bits per heavy atom. The lowest BCUT2D eigenvalue weighted by molar-refractivity contribution is -0.385. The van der Waals surface area contributed by atoms with Crippen LogP contribution in [0.1, 0.15) is 50.5 Å². The molecule has 1 atom stereocenters. The maximum Gasteiger partial charge on any atom is 0.273 e. The highest BCUT2D eigenvalue weighted by atomic mass is 16.6. The zero-order valence-electron chi connectivity index (χ0n) is 11.8. The predicted molar refractivity (Wildman–Crippen MR) is 78.5 cm³/mol. The summed E-state index contributed by atoms with van der Waals surface area (Å²) in [5, 5.41) is 14.6. The van der Waals surface area contributed by atoms with Gasteiger partial charge in [-0.3, -0.25) is 10.1 Å². The van der Waals surface area contributed by atoms with Crippen molar-refractivity contribution in [1.29, 1.82) is 0 Å². The zero-order chi connectivity index (χ0) is 14.0. The first-order valence-electron chi connectivity index (χ1n) is 7.67. The summed E-state index contributed by atoms with van der Waals surface area (Å²) in [7, 11) is 0. The van der Waals surface area contributed by atoms with Gasteiger partial charge in [-0.25, -0.2) is 0 Å². The number of nitrogens with one attached hydrogen (secondary N) is 1. The van der Waals surface area contributed by atoms with Crippen LogP contribution in [-0.4, -0.2) is 11.0 Å². The summed E-state index contributed by atoms with van der Waals surface area (Å²) in [6, 6.07) is 7.61. The molecule has 2 aliphatic rings. The third-order valence-electron chi connectivity index (χ3n) is 5.25. The van der Waals surface area contributed by atoms with Gasteiger partial charge in [-0.2, -0.15) is 0 Å². The van der Waals surface area contributed by atoms with Gasteiger partial charge in [-0.15, -0.1) is 0 Å². The van der Waals surface area contributed by atoms with Crippen molar-refractivity contribution in [1.82, 2.24) is 5.32 Å². The molecule has 1 N–H and O–H groups in total. The quantitative estimate of drug-likeness (QED) is 0.671. The molecular weight excluding hydrogens is 252 g/mol. The molecule has 0 saturated heterocycles. The molecule has 2 aliphatic carbocycles. The van der Waals surface area contributed by atoms with Gasteiger partial charge in [0.05, 0.1) is 4.92 Å². The highest BCUT2D eigenvalue weighted by Gasteiger charge is 2.46. The molecule has 1 spiro atoms. The normalized spacial score (nSPS) is 24.3. The van der Waals surface area contributed by atoms with Crippen molar-refractivity contribution in [3.8, 4) is 0 Å². The number of hydrogen-bond donors (Lipinski definition) is 1. The smallest absolute Gasteiger partial charge is 0.273 e. The van der Waals surface area contributed by atoms with Gasteiger partial charge in [0.2, 0.25) is 0 Å². The lowest BCUT2D eigenvalue weighted by atomic mass is 9.57. The Morgan fingerprint density at radius 2 is 1.95 bits per heavy atom. The van der Waals surface area contributed by atoms with Crippen LogP contribution in [0.15, 0.2) is 24.3 Å². The Labute approximate surface area is 119 Å². The second kappa shape index (κ2) is 5.52. The van der Waals surface area contributed by atoms with E-state index in [1.165, 1.54) is 44.9 Å². The number of nitro benzene ring substituents is 1. The Hall–Kier alpha value is -1.42. The fraction of sp³-hybridized carbons (Fsp3) is 0.625. The van der Waals surface area contributed by atoms with Crippen LogP contribution in [0.25, 0.3) is 0 Å². The predicted octanol–water partition coefficient (Wildman–Crippen LogP) is 3.80. The summed E-state index contributed by atoms with van der Waals surface area (Å²) in [4.78, 5) is 10.7. The molecule has 20 heavy (non-hydrogen) atoms. The topological polar surface area (TPSA) is 55.2 Å². The van der Waals surface area contributed by atoms with Crippen molar-refractivity contribution < 1.29 is 4.92 Å². The van der Waals surface area contributed by atoms with E-state index in [1.54, 1.807) is 12.1 Å². The van der Waals surface area contributed by atoms with Crippen molar-refractivity contribution in [2.75, 3.05) is 0 Å². The number of nitro groups is 1. The number of para-hydroxylation sites is 1.